The molecule has 2 aromatic heterocycles. The van der Waals surface area contributed by atoms with E-state index in [0.29, 0.717) is 10.0 Å². The van der Waals surface area contributed by atoms with Crippen molar-refractivity contribution in [3.8, 4) is 0 Å². The van der Waals surface area contributed by atoms with Gasteiger partial charge in [-0.15, -0.1) is 0 Å². The zero-order valence-electron chi connectivity index (χ0n) is 15.9. The van der Waals surface area contributed by atoms with E-state index in [4.69, 9.17) is 23.2 Å². The number of alkyl halides is 3. The molecular weight excluding hydrogens is 460 g/mol. The molecule has 31 heavy (non-hydrogen) atoms. The fourth-order valence-corrected chi connectivity index (χ4v) is 3.01. The smallest absolute Gasteiger partial charge is 0.355 e. The number of carbonyl (C=O) groups is 1. The summed E-state index contributed by atoms with van der Waals surface area (Å²) in [6.45, 7) is 1.19. The van der Waals surface area contributed by atoms with Gasteiger partial charge in [0.05, 0.1) is 16.2 Å². The number of fused-ring (bicyclic) bond motifs is 1. The third kappa shape index (κ3) is 5.42. The molecule has 8 nitrogen and oxygen atoms in total. The average Bonchev–Trinajstić information content (AvgIpc) is 2.69. The van der Waals surface area contributed by atoms with Crippen LogP contribution < -0.4 is 16.2 Å². The standard InChI is InChI=1S/C18H15Cl2F3N6O2/c1-9(30)24-4-5-29-15-13(27-14(16(29)31)18(21,22)23)8-26-17(28-15)25-7-10-2-3-11(19)12(20)6-10/h2-3,6,8H,4-5,7H2,1H3,(H,24,30)(H,25,26,28). The van der Waals surface area contributed by atoms with Gasteiger partial charge in [0.25, 0.3) is 5.56 Å². The third-order valence-electron chi connectivity index (χ3n) is 4.10. The summed E-state index contributed by atoms with van der Waals surface area (Å²) in [5, 5.41) is 6.09. The van der Waals surface area contributed by atoms with Crippen LogP contribution in [0.4, 0.5) is 19.1 Å². The molecule has 1 aromatic carbocycles. The van der Waals surface area contributed by atoms with Crippen molar-refractivity contribution in [1.82, 2.24) is 24.8 Å². The van der Waals surface area contributed by atoms with Crippen LogP contribution in [0.15, 0.2) is 29.2 Å². The van der Waals surface area contributed by atoms with Gasteiger partial charge in [0.1, 0.15) is 5.52 Å². The summed E-state index contributed by atoms with van der Waals surface area (Å²) in [5.41, 5.74) is -2.50. The van der Waals surface area contributed by atoms with Crippen molar-refractivity contribution in [2.45, 2.75) is 26.2 Å². The van der Waals surface area contributed by atoms with Gasteiger partial charge >= 0.3 is 6.18 Å². The molecule has 13 heteroatoms. The van der Waals surface area contributed by atoms with Gasteiger partial charge < -0.3 is 10.6 Å². The second-order valence-electron chi connectivity index (χ2n) is 6.40. The van der Waals surface area contributed by atoms with Crippen LogP contribution >= 0.6 is 23.2 Å². The Morgan fingerprint density at radius 2 is 1.94 bits per heavy atom. The number of benzene rings is 1. The molecule has 0 fully saturated rings. The summed E-state index contributed by atoms with van der Waals surface area (Å²) in [6, 6.07) is 4.98. The van der Waals surface area contributed by atoms with Gasteiger partial charge in [-0.2, -0.15) is 18.2 Å². The van der Waals surface area contributed by atoms with Crippen molar-refractivity contribution < 1.29 is 18.0 Å². The van der Waals surface area contributed by atoms with Crippen LogP contribution in [0.5, 0.6) is 0 Å². The Morgan fingerprint density at radius 1 is 1.19 bits per heavy atom. The normalized spacial score (nSPS) is 11.5. The Hall–Kier alpha value is -2.92. The molecule has 164 valence electrons. The van der Waals surface area contributed by atoms with E-state index in [1.165, 1.54) is 6.92 Å². The molecule has 2 N–H and O–H groups in total. The zero-order valence-corrected chi connectivity index (χ0v) is 17.4. The predicted octanol–water partition coefficient (Wildman–Crippen LogP) is 3.26. The number of amides is 1. The van der Waals surface area contributed by atoms with Crippen LogP contribution in [-0.2, 0) is 24.1 Å². The van der Waals surface area contributed by atoms with Gasteiger partial charge in [-0.3, -0.25) is 14.2 Å². The van der Waals surface area contributed by atoms with Gasteiger partial charge in [-0.05, 0) is 17.7 Å². The maximum atomic E-state index is 13.2. The minimum atomic E-state index is -4.95. The van der Waals surface area contributed by atoms with Crippen LogP contribution in [0.1, 0.15) is 18.2 Å². The molecule has 0 atom stereocenters. The quantitative estimate of drug-likeness (QED) is 0.568. The van der Waals surface area contributed by atoms with E-state index >= 15 is 0 Å². The number of hydrogen-bond acceptors (Lipinski definition) is 6. The minimum absolute atomic E-state index is 0.0628. The monoisotopic (exact) mass is 474 g/mol. The van der Waals surface area contributed by atoms with Crippen LogP contribution in [0.2, 0.25) is 10.0 Å². The molecule has 0 saturated carbocycles. The number of aromatic nitrogens is 4. The summed E-state index contributed by atoms with van der Waals surface area (Å²) in [5.74, 6) is -0.325. The summed E-state index contributed by atoms with van der Waals surface area (Å²) in [4.78, 5) is 35.0. The van der Waals surface area contributed by atoms with Crippen molar-refractivity contribution in [2.75, 3.05) is 11.9 Å². The van der Waals surface area contributed by atoms with Gasteiger partial charge in [0, 0.05) is 26.6 Å². The van der Waals surface area contributed by atoms with Gasteiger partial charge in [0.2, 0.25) is 17.5 Å². The molecule has 3 rings (SSSR count). The molecule has 0 radical (unpaired) electrons. The van der Waals surface area contributed by atoms with Crippen molar-refractivity contribution in [3.05, 3.63) is 56.1 Å². The summed E-state index contributed by atoms with van der Waals surface area (Å²) < 4.78 is 40.5. The van der Waals surface area contributed by atoms with Crippen LogP contribution in [0.3, 0.4) is 0 Å². The Bertz CT molecular complexity index is 1200. The first kappa shape index (κ1) is 22.8. The lowest BCUT2D eigenvalue weighted by atomic mass is 10.2. The van der Waals surface area contributed by atoms with Crippen LogP contribution in [-0.4, -0.2) is 32.0 Å². The number of hydrogen-bond donors (Lipinski definition) is 2. The SMILES string of the molecule is CC(=O)NCCn1c(=O)c(C(F)(F)F)nc2cnc(NCc3ccc(Cl)c(Cl)c3)nc21. The van der Waals surface area contributed by atoms with Crippen LogP contribution in [0, 0.1) is 0 Å². The molecule has 1 amide bonds. The second-order valence-corrected chi connectivity index (χ2v) is 7.22. The number of nitrogens with one attached hydrogen (secondary N) is 2. The molecule has 0 spiro atoms. The van der Waals surface area contributed by atoms with E-state index < -0.39 is 17.4 Å². The molecule has 2 heterocycles. The van der Waals surface area contributed by atoms with Crippen molar-refractivity contribution >= 4 is 46.2 Å². The van der Waals surface area contributed by atoms with E-state index in [-0.39, 0.29) is 42.7 Å². The largest absolute Gasteiger partial charge is 0.438 e. The number of nitrogens with zero attached hydrogens (tertiary/aromatic N) is 4. The molecule has 0 aliphatic carbocycles. The summed E-state index contributed by atoms with van der Waals surface area (Å²) in [7, 11) is 0. The van der Waals surface area contributed by atoms with E-state index in [9.17, 15) is 22.8 Å². The highest BCUT2D eigenvalue weighted by atomic mass is 35.5. The molecule has 0 bridgehead atoms. The highest BCUT2D eigenvalue weighted by molar-refractivity contribution is 6.42. The van der Waals surface area contributed by atoms with E-state index in [1.807, 2.05) is 0 Å². The fraction of sp³-hybridized carbons (Fsp3) is 0.278. The first-order chi connectivity index (χ1) is 14.6. The van der Waals surface area contributed by atoms with Gasteiger partial charge in [-0.1, -0.05) is 29.3 Å². The molecule has 3 aromatic rings. The van der Waals surface area contributed by atoms with Crippen molar-refractivity contribution in [2.24, 2.45) is 0 Å². The van der Waals surface area contributed by atoms with E-state index in [1.54, 1.807) is 18.2 Å². The molecular formula is C18H15Cl2F3N6O2. The Morgan fingerprint density at radius 3 is 2.58 bits per heavy atom. The number of rotatable bonds is 6. The first-order valence-electron chi connectivity index (χ1n) is 8.83. The maximum Gasteiger partial charge on any atom is 0.438 e. The molecule has 0 aliphatic heterocycles. The summed E-state index contributed by atoms with van der Waals surface area (Å²) >= 11 is 11.9. The molecule has 0 saturated heterocycles. The van der Waals surface area contributed by atoms with Gasteiger partial charge in [-0.25, -0.2) is 9.97 Å². The van der Waals surface area contributed by atoms with E-state index in [0.717, 1.165) is 16.3 Å². The highest BCUT2D eigenvalue weighted by Gasteiger charge is 2.37. The topological polar surface area (TPSA) is 102 Å². The lowest BCUT2D eigenvalue weighted by molar-refractivity contribution is -0.142. The first-order valence-corrected chi connectivity index (χ1v) is 9.59. The Balaban J connectivity index is 1.97. The van der Waals surface area contributed by atoms with Crippen molar-refractivity contribution in [3.63, 3.8) is 0 Å². The lowest BCUT2D eigenvalue weighted by Gasteiger charge is -2.14. The number of halogens is 5. The van der Waals surface area contributed by atoms with Gasteiger partial charge in [0.15, 0.2) is 5.65 Å². The third-order valence-corrected chi connectivity index (χ3v) is 4.84. The number of carbonyl (C=O) groups excluding carboxylic acids is 1. The highest BCUT2D eigenvalue weighted by Crippen LogP contribution is 2.26. The second kappa shape index (κ2) is 9.06. The number of anilines is 1. The molecule has 0 unspecified atom stereocenters. The van der Waals surface area contributed by atoms with Crippen LogP contribution in [0.25, 0.3) is 11.2 Å². The van der Waals surface area contributed by atoms with E-state index in [2.05, 4.69) is 25.6 Å². The Labute approximate surface area is 183 Å². The maximum absolute atomic E-state index is 13.2. The predicted molar refractivity (Wildman–Crippen MR) is 109 cm³/mol. The molecule has 0 aliphatic rings. The Kier molecular flexibility index (Phi) is 6.65. The van der Waals surface area contributed by atoms with Crippen molar-refractivity contribution in [1.29, 1.82) is 0 Å². The fourth-order valence-electron chi connectivity index (χ4n) is 2.69. The average molecular weight is 475 g/mol. The zero-order chi connectivity index (χ0) is 22.8. The summed E-state index contributed by atoms with van der Waals surface area (Å²) in [6.07, 6.45) is -3.87. The minimum Gasteiger partial charge on any atom is -0.355 e. The lowest BCUT2D eigenvalue weighted by Crippen LogP contribution is -2.35.